The van der Waals surface area contributed by atoms with Crippen molar-refractivity contribution in [2.75, 3.05) is 11.9 Å². The number of terminal acetylenes is 1. The lowest BCUT2D eigenvalue weighted by Crippen LogP contribution is -1.99. The molecule has 0 aliphatic heterocycles. The summed E-state index contributed by atoms with van der Waals surface area (Å²) in [7, 11) is 0. The number of hydrogen-bond donors (Lipinski definition) is 1. The van der Waals surface area contributed by atoms with Crippen molar-refractivity contribution in [3.63, 3.8) is 0 Å². The molecule has 62 valence electrons. The van der Waals surface area contributed by atoms with Crippen LogP contribution in [-0.2, 0) is 0 Å². The first-order chi connectivity index (χ1) is 5.74. The SMILES string of the molecule is C#CCNc1ccc(I)cc1C. The van der Waals surface area contributed by atoms with Crippen LogP contribution in [0.1, 0.15) is 5.56 Å². The van der Waals surface area contributed by atoms with Gasteiger partial charge in [0.25, 0.3) is 0 Å². The molecule has 2 heteroatoms. The molecule has 0 amide bonds. The monoisotopic (exact) mass is 271 g/mol. The molecule has 1 N–H and O–H groups in total. The second-order valence-electron chi connectivity index (χ2n) is 2.52. The van der Waals surface area contributed by atoms with Crippen molar-refractivity contribution in [3.8, 4) is 12.3 Å². The lowest BCUT2D eigenvalue weighted by Gasteiger charge is -2.06. The normalized spacial score (nSPS) is 9.08. The van der Waals surface area contributed by atoms with Crippen LogP contribution in [0.25, 0.3) is 0 Å². The molecular weight excluding hydrogens is 261 g/mol. The average molecular weight is 271 g/mol. The topological polar surface area (TPSA) is 12.0 Å². The van der Waals surface area contributed by atoms with Gasteiger partial charge in [0.05, 0.1) is 6.54 Å². The second kappa shape index (κ2) is 4.36. The summed E-state index contributed by atoms with van der Waals surface area (Å²) in [4.78, 5) is 0. The molecule has 0 saturated carbocycles. The van der Waals surface area contributed by atoms with E-state index in [1.807, 2.05) is 0 Å². The number of rotatable bonds is 2. The van der Waals surface area contributed by atoms with Gasteiger partial charge in [-0.3, -0.25) is 0 Å². The summed E-state index contributed by atoms with van der Waals surface area (Å²) in [5.74, 6) is 2.55. The minimum atomic E-state index is 0.585. The Hall–Kier alpha value is -0.690. The maximum absolute atomic E-state index is 5.14. The van der Waals surface area contributed by atoms with Crippen molar-refractivity contribution in [1.29, 1.82) is 0 Å². The molecule has 12 heavy (non-hydrogen) atoms. The van der Waals surface area contributed by atoms with Gasteiger partial charge >= 0.3 is 0 Å². The molecule has 1 rings (SSSR count). The molecular formula is C10H10IN. The van der Waals surface area contributed by atoms with E-state index in [1.165, 1.54) is 9.13 Å². The number of anilines is 1. The maximum Gasteiger partial charge on any atom is 0.0763 e. The summed E-state index contributed by atoms with van der Waals surface area (Å²) in [6.45, 7) is 2.66. The zero-order valence-electron chi connectivity index (χ0n) is 6.89. The summed E-state index contributed by atoms with van der Waals surface area (Å²) in [6, 6.07) is 6.24. The first-order valence-corrected chi connectivity index (χ1v) is 4.75. The molecule has 0 fully saturated rings. The van der Waals surface area contributed by atoms with Crippen LogP contribution in [0.15, 0.2) is 18.2 Å². The van der Waals surface area contributed by atoms with Gasteiger partial charge in [-0.2, -0.15) is 0 Å². The average Bonchev–Trinajstić information content (AvgIpc) is 2.03. The van der Waals surface area contributed by atoms with E-state index in [1.54, 1.807) is 0 Å². The molecule has 0 heterocycles. The van der Waals surface area contributed by atoms with Crippen LogP contribution in [-0.4, -0.2) is 6.54 Å². The minimum Gasteiger partial charge on any atom is -0.374 e. The van der Waals surface area contributed by atoms with Crippen molar-refractivity contribution in [1.82, 2.24) is 0 Å². The van der Waals surface area contributed by atoms with Gasteiger partial charge in [0.1, 0.15) is 0 Å². The Bertz CT molecular complexity index is 312. The summed E-state index contributed by atoms with van der Waals surface area (Å²) in [5.41, 5.74) is 2.35. The Labute approximate surface area is 86.7 Å². The number of hydrogen-bond acceptors (Lipinski definition) is 1. The fourth-order valence-electron chi connectivity index (χ4n) is 0.972. The molecule has 0 aromatic heterocycles. The molecule has 0 saturated heterocycles. The van der Waals surface area contributed by atoms with Crippen molar-refractivity contribution in [2.24, 2.45) is 0 Å². The van der Waals surface area contributed by atoms with E-state index in [-0.39, 0.29) is 0 Å². The second-order valence-corrected chi connectivity index (χ2v) is 3.76. The summed E-state index contributed by atoms with van der Waals surface area (Å²) in [6.07, 6.45) is 5.14. The van der Waals surface area contributed by atoms with Gasteiger partial charge in [-0.15, -0.1) is 6.42 Å². The minimum absolute atomic E-state index is 0.585. The molecule has 0 aliphatic rings. The highest BCUT2D eigenvalue weighted by atomic mass is 127. The van der Waals surface area contributed by atoms with E-state index in [0.717, 1.165) is 5.69 Å². The Morgan fingerprint density at radius 1 is 1.58 bits per heavy atom. The van der Waals surface area contributed by atoms with Crippen LogP contribution in [0.4, 0.5) is 5.69 Å². The lowest BCUT2D eigenvalue weighted by molar-refractivity contribution is 1.33. The quantitative estimate of drug-likeness (QED) is 0.644. The molecule has 0 spiro atoms. The van der Waals surface area contributed by atoms with Crippen LogP contribution < -0.4 is 5.32 Å². The molecule has 0 unspecified atom stereocenters. The fraction of sp³-hybridized carbons (Fsp3) is 0.200. The van der Waals surface area contributed by atoms with E-state index < -0.39 is 0 Å². The standard InChI is InChI=1S/C10H10IN/c1-3-6-12-10-5-4-9(11)7-8(10)2/h1,4-5,7,12H,6H2,2H3. The molecule has 1 aromatic carbocycles. The first-order valence-electron chi connectivity index (χ1n) is 3.67. The smallest absolute Gasteiger partial charge is 0.0763 e. The lowest BCUT2D eigenvalue weighted by atomic mass is 10.2. The predicted octanol–water partition coefficient (Wildman–Crippen LogP) is 2.64. The zero-order valence-corrected chi connectivity index (χ0v) is 9.05. The first kappa shape index (κ1) is 9.40. The zero-order chi connectivity index (χ0) is 8.97. The number of benzene rings is 1. The van der Waals surface area contributed by atoms with E-state index in [9.17, 15) is 0 Å². The van der Waals surface area contributed by atoms with Crippen molar-refractivity contribution in [3.05, 3.63) is 27.3 Å². The molecule has 0 radical (unpaired) electrons. The molecule has 0 aliphatic carbocycles. The highest BCUT2D eigenvalue weighted by Gasteiger charge is 1.95. The molecule has 1 nitrogen and oxygen atoms in total. The van der Waals surface area contributed by atoms with Crippen LogP contribution in [0.3, 0.4) is 0 Å². The Morgan fingerprint density at radius 3 is 2.92 bits per heavy atom. The van der Waals surface area contributed by atoms with E-state index in [4.69, 9.17) is 6.42 Å². The highest BCUT2D eigenvalue weighted by Crippen LogP contribution is 2.16. The van der Waals surface area contributed by atoms with Crippen LogP contribution in [0.5, 0.6) is 0 Å². The molecule has 0 atom stereocenters. The van der Waals surface area contributed by atoms with Gasteiger partial charge in [-0.05, 0) is 53.3 Å². The van der Waals surface area contributed by atoms with E-state index >= 15 is 0 Å². The number of aryl methyl sites for hydroxylation is 1. The Kier molecular flexibility index (Phi) is 3.42. The number of halogens is 1. The fourth-order valence-corrected chi connectivity index (χ4v) is 1.62. The summed E-state index contributed by atoms with van der Waals surface area (Å²) < 4.78 is 1.25. The van der Waals surface area contributed by atoms with Crippen molar-refractivity contribution in [2.45, 2.75) is 6.92 Å². The van der Waals surface area contributed by atoms with Gasteiger partial charge in [-0.1, -0.05) is 5.92 Å². The van der Waals surface area contributed by atoms with Crippen LogP contribution in [0, 0.1) is 22.8 Å². The molecule has 0 bridgehead atoms. The molecule has 1 aromatic rings. The third-order valence-electron chi connectivity index (χ3n) is 1.57. The van der Waals surface area contributed by atoms with Crippen molar-refractivity contribution >= 4 is 28.3 Å². The maximum atomic E-state index is 5.14. The van der Waals surface area contributed by atoms with Gasteiger partial charge < -0.3 is 5.32 Å². The Balaban J connectivity index is 2.81. The van der Waals surface area contributed by atoms with E-state index in [2.05, 4.69) is 59.0 Å². The third-order valence-corrected chi connectivity index (χ3v) is 2.24. The Morgan fingerprint density at radius 2 is 2.33 bits per heavy atom. The van der Waals surface area contributed by atoms with Gasteiger partial charge in [0.2, 0.25) is 0 Å². The van der Waals surface area contributed by atoms with Crippen LogP contribution in [0.2, 0.25) is 0 Å². The highest BCUT2D eigenvalue weighted by molar-refractivity contribution is 14.1. The third kappa shape index (κ3) is 2.42. The largest absolute Gasteiger partial charge is 0.374 e. The summed E-state index contributed by atoms with van der Waals surface area (Å²) in [5, 5.41) is 3.15. The van der Waals surface area contributed by atoms with Gasteiger partial charge in [0.15, 0.2) is 0 Å². The van der Waals surface area contributed by atoms with Gasteiger partial charge in [0, 0.05) is 9.26 Å². The number of nitrogens with one attached hydrogen (secondary N) is 1. The van der Waals surface area contributed by atoms with Crippen LogP contribution >= 0.6 is 22.6 Å². The predicted molar refractivity (Wildman–Crippen MR) is 61.2 cm³/mol. The van der Waals surface area contributed by atoms with E-state index in [0.29, 0.717) is 6.54 Å². The van der Waals surface area contributed by atoms with Gasteiger partial charge in [-0.25, -0.2) is 0 Å². The summed E-state index contributed by atoms with van der Waals surface area (Å²) >= 11 is 2.29. The van der Waals surface area contributed by atoms with Crippen molar-refractivity contribution < 1.29 is 0 Å².